The Hall–Kier alpha value is -1.61. The number of nitrogens with zero attached hydrogens (tertiary/aromatic N) is 4. The summed E-state index contributed by atoms with van der Waals surface area (Å²) in [6.07, 6.45) is 8.85. The molecule has 6 nitrogen and oxygen atoms in total. The number of hydrogen-bond donors (Lipinski definition) is 2. The highest BCUT2D eigenvalue weighted by molar-refractivity contribution is 14.0. The van der Waals surface area contributed by atoms with E-state index in [0.717, 1.165) is 50.9 Å². The Kier molecular flexibility index (Phi) is 11.1. The number of halogens is 1. The Bertz CT molecular complexity index is 709. The third-order valence-electron chi connectivity index (χ3n) is 5.12. The molecule has 0 spiro atoms. The lowest BCUT2D eigenvalue weighted by atomic mass is 10.1. The highest BCUT2D eigenvalue weighted by Crippen LogP contribution is 2.08. The summed E-state index contributed by atoms with van der Waals surface area (Å²) in [5.74, 6) is 2.00. The average molecular weight is 510 g/mol. The third kappa shape index (κ3) is 8.34. The van der Waals surface area contributed by atoms with E-state index in [4.69, 9.17) is 4.99 Å². The zero-order chi connectivity index (χ0) is 19.4. The normalized spacial score (nSPS) is 15.0. The Balaban J connectivity index is 0.00000300. The van der Waals surface area contributed by atoms with E-state index in [2.05, 4.69) is 68.5 Å². The molecular formula is C22H35IN6. The van der Waals surface area contributed by atoms with E-state index in [0.29, 0.717) is 0 Å². The van der Waals surface area contributed by atoms with Gasteiger partial charge in [-0.2, -0.15) is 0 Å². The fourth-order valence-electron chi connectivity index (χ4n) is 3.61. The van der Waals surface area contributed by atoms with Crippen LogP contribution in [0.5, 0.6) is 0 Å². The van der Waals surface area contributed by atoms with Crippen molar-refractivity contribution in [2.24, 2.45) is 4.99 Å². The number of aliphatic imine (C=N–C) groups is 1. The molecule has 1 aliphatic rings. The quantitative estimate of drug-likeness (QED) is 0.309. The predicted octanol–water partition coefficient (Wildman–Crippen LogP) is 3.13. The number of piperidine rings is 1. The summed E-state index contributed by atoms with van der Waals surface area (Å²) in [5, 5.41) is 6.80. The van der Waals surface area contributed by atoms with Crippen LogP contribution in [0.25, 0.3) is 0 Å². The van der Waals surface area contributed by atoms with Crippen molar-refractivity contribution in [3.8, 4) is 0 Å². The van der Waals surface area contributed by atoms with E-state index >= 15 is 0 Å². The highest BCUT2D eigenvalue weighted by atomic mass is 127. The molecular weight excluding hydrogens is 475 g/mol. The smallest absolute Gasteiger partial charge is 0.191 e. The van der Waals surface area contributed by atoms with E-state index in [1.54, 1.807) is 0 Å². The number of rotatable bonds is 9. The molecule has 0 saturated carbocycles. The van der Waals surface area contributed by atoms with Crippen LogP contribution in [-0.4, -0.2) is 59.7 Å². The molecule has 1 fully saturated rings. The molecule has 1 saturated heterocycles. The summed E-state index contributed by atoms with van der Waals surface area (Å²) in [5.41, 5.74) is 1.29. The molecule has 2 aromatic rings. The summed E-state index contributed by atoms with van der Waals surface area (Å²) < 4.78 is 2.22. The predicted molar refractivity (Wildman–Crippen MR) is 131 cm³/mol. The van der Waals surface area contributed by atoms with E-state index in [9.17, 15) is 0 Å². The molecule has 2 heterocycles. The van der Waals surface area contributed by atoms with Gasteiger partial charge < -0.3 is 20.1 Å². The van der Waals surface area contributed by atoms with Crippen molar-refractivity contribution in [2.75, 3.05) is 39.3 Å². The average Bonchev–Trinajstić information content (AvgIpc) is 3.16. The molecule has 0 radical (unpaired) electrons. The first-order chi connectivity index (χ1) is 13.8. The van der Waals surface area contributed by atoms with Gasteiger partial charge in [0.2, 0.25) is 0 Å². The molecule has 0 atom stereocenters. The van der Waals surface area contributed by atoms with Gasteiger partial charge >= 0.3 is 0 Å². The van der Waals surface area contributed by atoms with Crippen LogP contribution in [0, 0.1) is 0 Å². The lowest BCUT2D eigenvalue weighted by Crippen LogP contribution is -2.39. The first-order valence-electron chi connectivity index (χ1n) is 10.6. The van der Waals surface area contributed by atoms with Crippen molar-refractivity contribution in [3.63, 3.8) is 0 Å². The number of hydrogen-bond acceptors (Lipinski definition) is 3. The van der Waals surface area contributed by atoms with E-state index in [1.807, 2.05) is 6.20 Å². The Labute approximate surface area is 192 Å². The number of benzene rings is 1. The van der Waals surface area contributed by atoms with Crippen molar-refractivity contribution in [1.29, 1.82) is 0 Å². The summed E-state index contributed by atoms with van der Waals surface area (Å²) in [7, 11) is 0. The largest absolute Gasteiger partial charge is 0.357 e. The van der Waals surface area contributed by atoms with Crippen LogP contribution in [0.2, 0.25) is 0 Å². The number of aromatic nitrogens is 2. The Morgan fingerprint density at radius 1 is 1.10 bits per heavy atom. The number of guanidine groups is 1. The molecule has 29 heavy (non-hydrogen) atoms. The maximum Gasteiger partial charge on any atom is 0.191 e. The molecule has 3 rings (SSSR count). The lowest BCUT2D eigenvalue weighted by molar-refractivity contribution is 0.235. The van der Waals surface area contributed by atoms with Gasteiger partial charge in [-0.1, -0.05) is 36.8 Å². The first kappa shape index (κ1) is 23.7. The van der Waals surface area contributed by atoms with E-state index in [1.165, 1.54) is 37.9 Å². The fourth-order valence-corrected chi connectivity index (χ4v) is 3.61. The standard InChI is InChI=1S/C22H34N6.HI/c1-2-23-22(26-13-17-27-15-7-4-8-16-27)25-12-11-21-24-14-18-28(21)19-20-9-5-3-6-10-20;/h3,5-6,9-10,14,18H,2,4,7-8,11-13,15-17,19H2,1H3,(H2,23,25,26);1H. The molecule has 1 aromatic carbocycles. The minimum absolute atomic E-state index is 0. The zero-order valence-corrected chi connectivity index (χ0v) is 19.8. The molecule has 0 unspecified atom stereocenters. The van der Waals surface area contributed by atoms with Crippen LogP contribution in [0.1, 0.15) is 37.6 Å². The van der Waals surface area contributed by atoms with Crippen LogP contribution in [0.3, 0.4) is 0 Å². The third-order valence-corrected chi connectivity index (χ3v) is 5.12. The van der Waals surface area contributed by atoms with Gasteiger partial charge in [0, 0.05) is 45.0 Å². The van der Waals surface area contributed by atoms with E-state index < -0.39 is 0 Å². The second kappa shape index (κ2) is 13.6. The van der Waals surface area contributed by atoms with Gasteiger partial charge in [0.05, 0.1) is 6.54 Å². The Morgan fingerprint density at radius 2 is 1.90 bits per heavy atom. The number of nitrogens with one attached hydrogen (secondary N) is 2. The van der Waals surface area contributed by atoms with Gasteiger partial charge in [0.1, 0.15) is 5.82 Å². The molecule has 160 valence electrons. The molecule has 1 aromatic heterocycles. The molecule has 0 amide bonds. The fraction of sp³-hybridized carbons (Fsp3) is 0.545. The topological polar surface area (TPSA) is 57.5 Å². The summed E-state index contributed by atoms with van der Waals surface area (Å²) in [6.45, 7) is 9.01. The van der Waals surface area contributed by atoms with Crippen molar-refractivity contribution in [2.45, 2.75) is 39.2 Å². The second-order valence-electron chi connectivity index (χ2n) is 7.30. The summed E-state index contributed by atoms with van der Waals surface area (Å²) >= 11 is 0. The Morgan fingerprint density at radius 3 is 2.66 bits per heavy atom. The van der Waals surface area contributed by atoms with Crippen molar-refractivity contribution in [3.05, 3.63) is 54.1 Å². The maximum atomic E-state index is 4.74. The summed E-state index contributed by atoms with van der Waals surface area (Å²) in [4.78, 5) is 11.8. The van der Waals surface area contributed by atoms with Crippen LogP contribution in [0.15, 0.2) is 47.7 Å². The molecule has 0 aliphatic carbocycles. The van der Waals surface area contributed by atoms with Crippen molar-refractivity contribution in [1.82, 2.24) is 25.1 Å². The number of likely N-dealkylation sites (tertiary alicyclic amines) is 1. The van der Waals surface area contributed by atoms with Crippen LogP contribution < -0.4 is 10.6 Å². The van der Waals surface area contributed by atoms with Crippen LogP contribution in [0.4, 0.5) is 0 Å². The summed E-state index contributed by atoms with van der Waals surface area (Å²) in [6, 6.07) is 10.5. The van der Waals surface area contributed by atoms with Gasteiger partial charge in [-0.3, -0.25) is 4.99 Å². The monoisotopic (exact) mass is 510 g/mol. The van der Waals surface area contributed by atoms with Gasteiger partial charge in [-0.05, 0) is 38.4 Å². The maximum absolute atomic E-state index is 4.74. The van der Waals surface area contributed by atoms with Crippen molar-refractivity contribution < 1.29 is 0 Å². The molecule has 0 bridgehead atoms. The van der Waals surface area contributed by atoms with Gasteiger partial charge in [-0.15, -0.1) is 24.0 Å². The van der Waals surface area contributed by atoms with Crippen LogP contribution in [-0.2, 0) is 13.0 Å². The number of imidazole rings is 1. The highest BCUT2D eigenvalue weighted by Gasteiger charge is 2.09. The van der Waals surface area contributed by atoms with Crippen molar-refractivity contribution >= 4 is 29.9 Å². The van der Waals surface area contributed by atoms with E-state index in [-0.39, 0.29) is 24.0 Å². The zero-order valence-electron chi connectivity index (χ0n) is 17.5. The lowest BCUT2D eigenvalue weighted by Gasteiger charge is -2.25. The second-order valence-corrected chi connectivity index (χ2v) is 7.30. The molecule has 7 heteroatoms. The SMILES string of the molecule is CCNC(=NCCN1CCCCC1)NCCc1nccn1Cc1ccccc1.I. The first-order valence-corrected chi connectivity index (χ1v) is 10.6. The minimum Gasteiger partial charge on any atom is -0.357 e. The van der Waals surface area contributed by atoms with Gasteiger partial charge in [0.25, 0.3) is 0 Å². The van der Waals surface area contributed by atoms with Gasteiger partial charge in [0.15, 0.2) is 5.96 Å². The minimum atomic E-state index is 0. The van der Waals surface area contributed by atoms with Crippen LogP contribution >= 0.6 is 24.0 Å². The molecule has 1 aliphatic heterocycles. The molecule has 2 N–H and O–H groups in total. The van der Waals surface area contributed by atoms with Gasteiger partial charge in [-0.25, -0.2) is 4.98 Å².